The molecular formula is C14H16ClN3O3S. The number of aromatic nitrogens is 2. The summed E-state index contributed by atoms with van der Waals surface area (Å²) in [5, 5.41) is 11.9. The van der Waals surface area contributed by atoms with E-state index in [0.29, 0.717) is 20.9 Å². The quantitative estimate of drug-likeness (QED) is 0.905. The largest absolute Gasteiger partial charge is 0.486 e. The maximum atomic E-state index is 11.6. The number of hydrogen-bond donors (Lipinski definition) is 1. The van der Waals surface area contributed by atoms with Gasteiger partial charge in [0.1, 0.15) is 18.0 Å². The second-order valence-electron chi connectivity index (χ2n) is 5.37. The molecule has 22 heavy (non-hydrogen) atoms. The molecule has 6 nitrogen and oxygen atoms in total. The molecule has 0 spiro atoms. The molecule has 0 aliphatic carbocycles. The third kappa shape index (κ3) is 5.50. The standard InChI is InChI=1S/C14H16ClN3O3S/c1-14(2,3)21-13(19)16-12-18-17-11(22-12)8-20-10-6-4-5-9(15)7-10/h4-7H,8H2,1-3H3,(H,16,18,19). The number of anilines is 1. The highest BCUT2D eigenvalue weighted by molar-refractivity contribution is 7.15. The number of nitrogens with zero attached hydrogens (tertiary/aromatic N) is 2. The van der Waals surface area contributed by atoms with Gasteiger partial charge in [-0.25, -0.2) is 4.79 Å². The van der Waals surface area contributed by atoms with Gasteiger partial charge in [-0.2, -0.15) is 0 Å². The third-order valence-corrected chi connectivity index (χ3v) is 3.28. The third-order valence-electron chi connectivity index (χ3n) is 2.23. The molecule has 0 radical (unpaired) electrons. The Morgan fingerprint density at radius 3 is 2.82 bits per heavy atom. The molecule has 0 aliphatic rings. The summed E-state index contributed by atoms with van der Waals surface area (Å²) < 4.78 is 10.7. The SMILES string of the molecule is CC(C)(C)OC(=O)Nc1nnc(COc2cccc(Cl)c2)s1. The Balaban J connectivity index is 1.87. The summed E-state index contributed by atoms with van der Waals surface area (Å²) in [4.78, 5) is 11.6. The van der Waals surface area contributed by atoms with Crippen LogP contribution in [0.15, 0.2) is 24.3 Å². The summed E-state index contributed by atoms with van der Waals surface area (Å²) >= 11 is 7.09. The molecule has 8 heteroatoms. The maximum absolute atomic E-state index is 11.6. The summed E-state index contributed by atoms with van der Waals surface area (Å²) in [5.74, 6) is 0.643. The van der Waals surface area contributed by atoms with Crippen molar-refractivity contribution in [2.45, 2.75) is 33.0 Å². The van der Waals surface area contributed by atoms with Gasteiger partial charge < -0.3 is 9.47 Å². The molecule has 0 atom stereocenters. The van der Waals surface area contributed by atoms with Gasteiger partial charge >= 0.3 is 6.09 Å². The lowest BCUT2D eigenvalue weighted by Crippen LogP contribution is -2.27. The summed E-state index contributed by atoms with van der Waals surface area (Å²) in [7, 11) is 0. The molecule has 2 rings (SSSR count). The molecule has 1 aromatic carbocycles. The second-order valence-corrected chi connectivity index (χ2v) is 6.87. The molecule has 1 amide bonds. The van der Waals surface area contributed by atoms with E-state index in [2.05, 4.69) is 15.5 Å². The van der Waals surface area contributed by atoms with E-state index in [9.17, 15) is 4.79 Å². The fraction of sp³-hybridized carbons (Fsp3) is 0.357. The van der Waals surface area contributed by atoms with Crippen LogP contribution < -0.4 is 10.1 Å². The minimum Gasteiger partial charge on any atom is -0.486 e. The molecule has 1 N–H and O–H groups in total. The van der Waals surface area contributed by atoms with Crippen molar-refractivity contribution in [1.29, 1.82) is 0 Å². The number of hydrogen-bond acceptors (Lipinski definition) is 6. The van der Waals surface area contributed by atoms with Crippen molar-refractivity contribution in [1.82, 2.24) is 10.2 Å². The lowest BCUT2D eigenvalue weighted by molar-refractivity contribution is 0.0636. The molecule has 0 saturated heterocycles. The van der Waals surface area contributed by atoms with E-state index >= 15 is 0 Å². The van der Waals surface area contributed by atoms with Crippen LogP contribution in [-0.4, -0.2) is 21.9 Å². The highest BCUT2D eigenvalue weighted by atomic mass is 35.5. The van der Waals surface area contributed by atoms with Crippen LogP contribution in [0.2, 0.25) is 5.02 Å². The fourth-order valence-electron chi connectivity index (χ4n) is 1.46. The number of nitrogens with one attached hydrogen (secondary N) is 1. The predicted octanol–water partition coefficient (Wildman–Crippen LogP) is 4.12. The van der Waals surface area contributed by atoms with Crippen LogP contribution in [-0.2, 0) is 11.3 Å². The second kappa shape index (κ2) is 6.93. The predicted molar refractivity (Wildman–Crippen MR) is 85.5 cm³/mol. The van der Waals surface area contributed by atoms with Crippen LogP contribution in [0.3, 0.4) is 0 Å². The Morgan fingerprint density at radius 2 is 2.14 bits per heavy atom. The van der Waals surface area contributed by atoms with Crippen LogP contribution in [0, 0.1) is 0 Å². The van der Waals surface area contributed by atoms with E-state index in [1.165, 1.54) is 11.3 Å². The van der Waals surface area contributed by atoms with Crippen LogP contribution in [0.4, 0.5) is 9.93 Å². The van der Waals surface area contributed by atoms with Crippen molar-refractivity contribution in [3.8, 4) is 5.75 Å². The van der Waals surface area contributed by atoms with E-state index < -0.39 is 11.7 Å². The maximum Gasteiger partial charge on any atom is 0.414 e. The van der Waals surface area contributed by atoms with Gasteiger partial charge in [-0.15, -0.1) is 10.2 Å². The van der Waals surface area contributed by atoms with Crippen molar-refractivity contribution in [3.63, 3.8) is 0 Å². The van der Waals surface area contributed by atoms with Crippen molar-refractivity contribution >= 4 is 34.2 Å². The first-order valence-corrected chi connectivity index (χ1v) is 7.72. The normalized spacial score (nSPS) is 11.1. The molecule has 0 unspecified atom stereocenters. The Hall–Kier alpha value is -1.86. The zero-order valence-electron chi connectivity index (χ0n) is 12.4. The number of ether oxygens (including phenoxy) is 2. The first kappa shape index (κ1) is 16.5. The molecule has 0 saturated carbocycles. The van der Waals surface area contributed by atoms with E-state index in [-0.39, 0.29) is 6.61 Å². The van der Waals surface area contributed by atoms with E-state index in [0.717, 1.165) is 0 Å². The molecule has 1 heterocycles. The van der Waals surface area contributed by atoms with Crippen molar-refractivity contribution in [3.05, 3.63) is 34.3 Å². The van der Waals surface area contributed by atoms with Gasteiger partial charge in [0.2, 0.25) is 5.13 Å². The lowest BCUT2D eigenvalue weighted by Gasteiger charge is -2.18. The molecule has 0 fully saturated rings. The summed E-state index contributed by atoms with van der Waals surface area (Å²) in [6.45, 7) is 5.61. The van der Waals surface area contributed by atoms with Gasteiger partial charge in [0.15, 0.2) is 5.01 Å². The number of carbonyl (C=O) groups excluding carboxylic acids is 1. The van der Waals surface area contributed by atoms with Crippen LogP contribution in [0.5, 0.6) is 5.75 Å². The topological polar surface area (TPSA) is 73.3 Å². The zero-order chi connectivity index (χ0) is 16.2. The average Bonchev–Trinajstić information content (AvgIpc) is 2.81. The van der Waals surface area contributed by atoms with Crippen LogP contribution in [0.25, 0.3) is 0 Å². The Labute approximate surface area is 137 Å². The summed E-state index contributed by atoms with van der Waals surface area (Å²) in [5.41, 5.74) is -0.562. The highest BCUT2D eigenvalue weighted by Crippen LogP contribution is 2.21. The summed E-state index contributed by atoms with van der Waals surface area (Å²) in [6.07, 6.45) is -0.564. The van der Waals surface area contributed by atoms with E-state index in [4.69, 9.17) is 21.1 Å². The van der Waals surface area contributed by atoms with Gasteiger partial charge in [-0.3, -0.25) is 5.32 Å². The molecule has 118 valence electrons. The molecule has 0 aliphatic heterocycles. The lowest BCUT2D eigenvalue weighted by atomic mass is 10.2. The Bertz CT molecular complexity index is 655. The van der Waals surface area contributed by atoms with Crippen LogP contribution in [0.1, 0.15) is 25.8 Å². The summed E-state index contributed by atoms with van der Waals surface area (Å²) in [6, 6.07) is 7.07. The first-order chi connectivity index (χ1) is 10.3. The number of benzene rings is 1. The number of amides is 1. The van der Waals surface area contributed by atoms with E-state index in [1.54, 1.807) is 45.0 Å². The van der Waals surface area contributed by atoms with Gasteiger partial charge in [-0.1, -0.05) is 29.0 Å². The average molecular weight is 342 g/mol. The van der Waals surface area contributed by atoms with E-state index in [1.807, 2.05) is 0 Å². The van der Waals surface area contributed by atoms with Crippen molar-refractivity contribution in [2.75, 3.05) is 5.32 Å². The minimum absolute atomic E-state index is 0.244. The van der Waals surface area contributed by atoms with Gasteiger partial charge in [0.25, 0.3) is 0 Å². The minimum atomic E-state index is -0.564. The smallest absolute Gasteiger partial charge is 0.414 e. The van der Waals surface area contributed by atoms with Crippen LogP contribution >= 0.6 is 22.9 Å². The van der Waals surface area contributed by atoms with Crippen molar-refractivity contribution < 1.29 is 14.3 Å². The molecule has 0 bridgehead atoms. The highest BCUT2D eigenvalue weighted by Gasteiger charge is 2.17. The molecule has 1 aromatic heterocycles. The molecule has 2 aromatic rings. The zero-order valence-corrected chi connectivity index (χ0v) is 14.0. The number of halogens is 1. The van der Waals surface area contributed by atoms with Gasteiger partial charge in [0, 0.05) is 5.02 Å². The van der Waals surface area contributed by atoms with Gasteiger partial charge in [-0.05, 0) is 39.0 Å². The number of rotatable bonds is 4. The van der Waals surface area contributed by atoms with Crippen molar-refractivity contribution in [2.24, 2.45) is 0 Å². The molecular weight excluding hydrogens is 326 g/mol. The number of carbonyl (C=O) groups is 1. The Morgan fingerprint density at radius 1 is 1.36 bits per heavy atom. The Kier molecular flexibility index (Phi) is 5.20. The monoisotopic (exact) mass is 341 g/mol. The fourth-order valence-corrected chi connectivity index (χ4v) is 2.27. The van der Waals surface area contributed by atoms with Gasteiger partial charge in [0.05, 0.1) is 0 Å². The first-order valence-electron chi connectivity index (χ1n) is 6.52.